The number of carbonyl (C=O) groups is 1. The first-order valence-electron chi connectivity index (χ1n) is 4.06. The fourth-order valence-electron chi connectivity index (χ4n) is 1.31. The summed E-state index contributed by atoms with van der Waals surface area (Å²) < 4.78 is 0.924. The van der Waals surface area contributed by atoms with Gasteiger partial charge in [-0.3, -0.25) is 9.78 Å². The molecule has 70 valence electrons. The monoisotopic (exact) mass is 250 g/mol. The van der Waals surface area contributed by atoms with E-state index in [1.54, 1.807) is 6.20 Å². The van der Waals surface area contributed by atoms with Crippen LogP contribution in [-0.4, -0.2) is 11.4 Å². The van der Waals surface area contributed by atoms with Gasteiger partial charge in [-0.05, 0) is 28.1 Å². The Morgan fingerprint density at radius 1 is 1.43 bits per heavy atom. The molecule has 0 spiro atoms. The van der Waals surface area contributed by atoms with Gasteiger partial charge in [0.05, 0.1) is 11.2 Å². The highest BCUT2D eigenvalue weighted by molar-refractivity contribution is 9.10. The average Bonchev–Trinajstić information content (AvgIpc) is 2.18. The summed E-state index contributed by atoms with van der Waals surface area (Å²) in [6.45, 7) is 0. The number of para-hydroxylation sites is 1. The highest BCUT2D eigenvalue weighted by Gasteiger charge is 2.00. The number of fused-ring (bicyclic) bond motifs is 1. The van der Waals surface area contributed by atoms with Gasteiger partial charge in [0.1, 0.15) is 0 Å². The van der Waals surface area contributed by atoms with Gasteiger partial charge >= 0.3 is 0 Å². The molecule has 0 atom stereocenters. The highest BCUT2D eigenvalue weighted by Crippen LogP contribution is 2.23. The zero-order valence-corrected chi connectivity index (χ0v) is 8.78. The molecule has 14 heavy (non-hydrogen) atoms. The number of pyridine rings is 1. The summed E-state index contributed by atoms with van der Waals surface area (Å²) in [6, 6.07) is 7.60. The molecule has 3 nitrogen and oxygen atoms in total. The van der Waals surface area contributed by atoms with Crippen molar-refractivity contribution in [1.29, 1.82) is 0 Å². The van der Waals surface area contributed by atoms with Crippen molar-refractivity contribution < 1.29 is 4.79 Å². The van der Waals surface area contributed by atoms with Crippen LogP contribution in [-0.2, 0) is 4.79 Å². The number of carbonyl (C=O) groups excluding carboxylic acids is 1. The Morgan fingerprint density at radius 2 is 2.29 bits per heavy atom. The Bertz CT molecular complexity index is 485. The number of halogens is 1. The molecule has 2 rings (SSSR count). The second-order valence-corrected chi connectivity index (χ2v) is 3.71. The molecule has 0 bridgehead atoms. The van der Waals surface area contributed by atoms with Crippen LogP contribution < -0.4 is 5.32 Å². The van der Waals surface area contributed by atoms with Crippen molar-refractivity contribution in [2.24, 2.45) is 0 Å². The summed E-state index contributed by atoms with van der Waals surface area (Å²) in [5.41, 5.74) is 1.52. The summed E-state index contributed by atoms with van der Waals surface area (Å²) >= 11 is 3.34. The van der Waals surface area contributed by atoms with E-state index in [1.807, 2.05) is 24.3 Å². The quantitative estimate of drug-likeness (QED) is 0.833. The van der Waals surface area contributed by atoms with Crippen molar-refractivity contribution in [1.82, 2.24) is 4.98 Å². The lowest BCUT2D eigenvalue weighted by atomic mass is 10.2. The van der Waals surface area contributed by atoms with Crippen molar-refractivity contribution in [2.75, 3.05) is 5.32 Å². The van der Waals surface area contributed by atoms with E-state index in [4.69, 9.17) is 0 Å². The second-order valence-electron chi connectivity index (χ2n) is 2.79. The van der Waals surface area contributed by atoms with Gasteiger partial charge in [0.2, 0.25) is 6.41 Å². The van der Waals surface area contributed by atoms with Crippen LogP contribution >= 0.6 is 15.9 Å². The standard InChI is InChI=1S/C10H7BrN2O/c11-8-4-7-2-1-3-9(13-6-14)10(7)12-5-8/h1-6H,(H,13,14). The summed E-state index contributed by atoms with van der Waals surface area (Å²) in [4.78, 5) is 14.6. The maximum Gasteiger partial charge on any atom is 0.211 e. The molecule has 0 saturated carbocycles. The largest absolute Gasteiger partial charge is 0.327 e. The van der Waals surface area contributed by atoms with Crippen LogP contribution in [0.25, 0.3) is 10.9 Å². The maximum absolute atomic E-state index is 10.3. The third-order valence-corrected chi connectivity index (χ3v) is 2.33. The number of nitrogens with one attached hydrogen (secondary N) is 1. The lowest BCUT2D eigenvalue weighted by Gasteiger charge is -2.03. The zero-order chi connectivity index (χ0) is 9.97. The minimum atomic E-state index is 0.651. The molecule has 0 saturated heterocycles. The van der Waals surface area contributed by atoms with Crippen LogP contribution in [0.15, 0.2) is 34.9 Å². The van der Waals surface area contributed by atoms with Gasteiger partial charge in [-0.2, -0.15) is 0 Å². The third kappa shape index (κ3) is 1.61. The van der Waals surface area contributed by atoms with Crippen molar-refractivity contribution in [2.45, 2.75) is 0 Å². The molecule has 0 unspecified atom stereocenters. The van der Waals surface area contributed by atoms with E-state index in [0.717, 1.165) is 21.1 Å². The average molecular weight is 251 g/mol. The zero-order valence-electron chi connectivity index (χ0n) is 7.20. The molecule has 1 aromatic carbocycles. The number of nitrogens with zero attached hydrogens (tertiary/aromatic N) is 1. The molecule has 1 aromatic heterocycles. The number of benzene rings is 1. The highest BCUT2D eigenvalue weighted by atomic mass is 79.9. The number of aromatic nitrogens is 1. The number of amides is 1. The van der Waals surface area contributed by atoms with Crippen LogP contribution in [0, 0.1) is 0 Å². The lowest BCUT2D eigenvalue weighted by molar-refractivity contribution is -0.105. The molecule has 2 aromatic rings. The summed E-state index contributed by atoms with van der Waals surface area (Å²) in [5, 5.41) is 3.60. The third-order valence-electron chi connectivity index (χ3n) is 1.89. The molecular weight excluding hydrogens is 244 g/mol. The molecular formula is C10H7BrN2O. The molecule has 1 amide bonds. The summed E-state index contributed by atoms with van der Waals surface area (Å²) in [6.07, 6.45) is 2.36. The Morgan fingerprint density at radius 3 is 3.07 bits per heavy atom. The minimum Gasteiger partial charge on any atom is -0.327 e. The predicted molar refractivity (Wildman–Crippen MR) is 59.1 cm³/mol. The Kier molecular flexibility index (Phi) is 2.45. The molecule has 0 aliphatic heterocycles. The van der Waals surface area contributed by atoms with E-state index < -0.39 is 0 Å². The van der Waals surface area contributed by atoms with Crippen LogP contribution in [0.4, 0.5) is 5.69 Å². The maximum atomic E-state index is 10.3. The van der Waals surface area contributed by atoms with Gasteiger partial charge in [-0.1, -0.05) is 12.1 Å². The second kappa shape index (κ2) is 3.75. The summed E-state index contributed by atoms with van der Waals surface area (Å²) in [7, 11) is 0. The first-order chi connectivity index (χ1) is 6.81. The van der Waals surface area contributed by atoms with E-state index in [-0.39, 0.29) is 0 Å². The number of hydrogen-bond donors (Lipinski definition) is 1. The molecule has 0 radical (unpaired) electrons. The number of rotatable bonds is 2. The summed E-state index contributed by atoms with van der Waals surface area (Å²) in [5.74, 6) is 0. The van der Waals surface area contributed by atoms with Crippen molar-refractivity contribution in [3.8, 4) is 0 Å². The SMILES string of the molecule is O=CNc1cccc2cc(Br)cnc12. The Balaban J connectivity index is 2.68. The van der Waals surface area contributed by atoms with E-state index in [1.165, 1.54) is 0 Å². The van der Waals surface area contributed by atoms with E-state index in [9.17, 15) is 4.79 Å². The first-order valence-corrected chi connectivity index (χ1v) is 4.85. The van der Waals surface area contributed by atoms with Gasteiger partial charge in [-0.25, -0.2) is 0 Å². The molecule has 0 fully saturated rings. The Labute approximate surface area is 89.3 Å². The smallest absolute Gasteiger partial charge is 0.211 e. The fourth-order valence-corrected chi connectivity index (χ4v) is 1.66. The lowest BCUT2D eigenvalue weighted by Crippen LogP contribution is -1.95. The van der Waals surface area contributed by atoms with Gasteiger partial charge in [0.25, 0.3) is 0 Å². The van der Waals surface area contributed by atoms with E-state index in [2.05, 4.69) is 26.2 Å². The number of hydrogen-bond acceptors (Lipinski definition) is 2. The Hall–Kier alpha value is -1.42. The van der Waals surface area contributed by atoms with Crippen LogP contribution in [0.5, 0.6) is 0 Å². The molecule has 1 N–H and O–H groups in total. The first kappa shape index (κ1) is 9.15. The number of anilines is 1. The van der Waals surface area contributed by atoms with Gasteiger partial charge < -0.3 is 5.32 Å². The van der Waals surface area contributed by atoms with Crippen molar-refractivity contribution in [3.05, 3.63) is 34.9 Å². The molecule has 0 aliphatic rings. The van der Waals surface area contributed by atoms with Crippen LogP contribution in [0.1, 0.15) is 0 Å². The normalized spacial score (nSPS) is 10.1. The van der Waals surface area contributed by atoms with E-state index >= 15 is 0 Å². The van der Waals surface area contributed by atoms with Gasteiger partial charge in [0, 0.05) is 16.1 Å². The topological polar surface area (TPSA) is 42.0 Å². The molecule has 1 heterocycles. The molecule has 4 heteroatoms. The van der Waals surface area contributed by atoms with Crippen molar-refractivity contribution in [3.63, 3.8) is 0 Å². The fraction of sp³-hybridized carbons (Fsp3) is 0. The van der Waals surface area contributed by atoms with Gasteiger partial charge in [-0.15, -0.1) is 0 Å². The predicted octanol–water partition coefficient (Wildman–Crippen LogP) is 2.57. The molecule has 0 aliphatic carbocycles. The minimum absolute atomic E-state index is 0.651. The van der Waals surface area contributed by atoms with E-state index in [0.29, 0.717) is 6.41 Å². The van der Waals surface area contributed by atoms with Crippen LogP contribution in [0.3, 0.4) is 0 Å². The van der Waals surface area contributed by atoms with Crippen molar-refractivity contribution >= 4 is 38.9 Å². The van der Waals surface area contributed by atoms with Gasteiger partial charge in [0.15, 0.2) is 0 Å². The van der Waals surface area contributed by atoms with Crippen LogP contribution in [0.2, 0.25) is 0 Å².